The van der Waals surface area contributed by atoms with Crippen LogP contribution in [-0.4, -0.2) is 82.7 Å². The molecular weight excluding hydrogens is 566 g/mol. The first-order valence-corrected chi connectivity index (χ1v) is 15.3. The number of halogens is 1. The summed E-state index contributed by atoms with van der Waals surface area (Å²) in [7, 11) is 1.70. The van der Waals surface area contributed by atoms with Crippen molar-refractivity contribution >= 4 is 35.0 Å². The van der Waals surface area contributed by atoms with E-state index in [1.165, 1.54) is 4.90 Å². The molecule has 3 saturated heterocycles. The number of carbonyl (C=O) groups excluding carboxylic acids is 3. The average molecular weight is 606 g/mol. The second-order valence-corrected chi connectivity index (χ2v) is 12.3. The van der Waals surface area contributed by atoms with Gasteiger partial charge in [-0.15, -0.1) is 13.2 Å². The highest BCUT2D eigenvalue weighted by molar-refractivity contribution is 6.30. The summed E-state index contributed by atoms with van der Waals surface area (Å²) in [5, 5.41) is 11.3. The van der Waals surface area contributed by atoms with Gasteiger partial charge in [-0.2, -0.15) is 0 Å². The zero-order valence-corrected chi connectivity index (χ0v) is 25.6. The second-order valence-electron chi connectivity index (χ2n) is 11.8. The zero-order chi connectivity index (χ0) is 30.9. The van der Waals surface area contributed by atoms with Crippen molar-refractivity contribution in [1.82, 2.24) is 9.80 Å². The minimum atomic E-state index is -1.23. The molecule has 8 nitrogen and oxygen atoms in total. The fourth-order valence-electron chi connectivity index (χ4n) is 7.58. The molecular formula is C34H40ClN3O5. The molecule has 43 heavy (non-hydrogen) atoms. The summed E-state index contributed by atoms with van der Waals surface area (Å²) in [5.74, 6) is -2.50. The number of likely N-dealkylation sites (N-methyl/N-ethyl adjacent to an activating group) is 1. The summed E-state index contributed by atoms with van der Waals surface area (Å²) in [6.07, 6.45) is 5.15. The van der Waals surface area contributed by atoms with Gasteiger partial charge in [-0.05, 0) is 55.5 Å². The monoisotopic (exact) mass is 605 g/mol. The number of nitrogens with zero attached hydrogens (tertiary/aromatic N) is 3. The minimum Gasteiger partial charge on any atom is -0.394 e. The third-order valence-corrected chi connectivity index (χ3v) is 9.78. The van der Waals surface area contributed by atoms with Crippen LogP contribution in [0.5, 0.6) is 0 Å². The Hall–Kier alpha value is -3.46. The van der Waals surface area contributed by atoms with Crippen molar-refractivity contribution in [2.24, 2.45) is 11.8 Å². The Morgan fingerprint density at radius 3 is 2.37 bits per heavy atom. The first kappa shape index (κ1) is 31.0. The molecule has 1 N–H and O–H groups in total. The molecule has 2 aromatic rings. The van der Waals surface area contributed by atoms with Gasteiger partial charge in [0, 0.05) is 30.8 Å². The number of rotatable bonds is 12. The third-order valence-electron chi connectivity index (χ3n) is 9.53. The van der Waals surface area contributed by atoms with Crippen molar-refractivity contribution < 1.29 is 24.2 Å². The predicted molar refractivity (Wildman–Crippen MR) is 167 cm³/mol. The molecule has 2 unspecified atom stereocenters. The van der Waals surface area contributed by atoms with Gasteiger partial charge in [0.05, 0.1) is 30.1 Å². The Morgan fingerprint density at radius 2 is 1.77 bits per heavy atom. The lowest BCUT2D eigenvalue weighted by Gasteiger charge is -2.39. The molecule has 0 aliphatic carbocycles. The van der Waals surface area contributed by atoms with Gasteiger partial charge in [0.15, 0.2) is 0 Å². The van der Waals surface area contributed by atoms with E-state index in [-0.39, 0.29) is 30.9 Å². The molecule has 3 aliphatic rings. The molecule has 9 heteroatoms. The topological polar surface area (TPSA) is 90.4 Å². The quantitative estimate of drug-likeness (QED) is 0.365. The van der Waals surface area contributed by atoms with Crippen LogP contribution >= 0.6 is 11.6 Å². The Morgan fingerprint density at radius 1 is 1.09 bits per heavy atom. The van der Waals surface area contributed by atoms with Crippen molar-refractivity contribution in [3.8, 4) is 0 Å². The van der Waals surface area contributed by atoms with E-state index in [0.29, 0.717) is 42.9 Å². The van der Waals surface area contributed by atoms with Crippen molar-refractivity contribution in [3.63, 3.8) is 0 Å². The Labute approximate surface area is 258 Å². The number of aliphatic hydroxyl groups is 1. The van der Waals surface area contributed by atoms with Gasteiger partial charge in [0.2, 0.25) is 11.8 Å². The smallest absolute Gasteiger partial charge is 0.253 e. The molecule has 2 aromatic carbocycles. The van der Waals surface area contributed by atoms with Crippen LogP contribution in [0, 0.1) is 11.8 Å². The molecule has 6 atom stereocenters. The van der Waals surface area contributed by atoms with Crippen molar-refractivity contribution in [3.05, 3.63) is 90.5 Å². The Kier molecular flexibility index (Phi) is 8.84. The highest BCUT2D eigenvalue weighted by Crippen LogP contribution is 2.65. The van der Waals surface area contributed by atoms with E-state index in [2.05, 4.69) is 13.2 Å². The molecule has 0 radical (unpaired) electrons. The fourth-order valence-corrected chi connectivity index (χ4v) is 7.71. The van der Waals surface area contributed by atoms with E-state index in [1.807, 2.05) is 37.3 Å². The van der Waals surface area contributed by atoms with Crippen LogP contribution in [-0.2, 0) is 25.5 Å². The average Bonchev–Trinajstić information content (AvgIpc) is 3.62. The van der Waals surface area contributed by atoms with Gasteiger partial charge in [0.25, 0.3) is 5.91 Å². The first-order chi connectivity index (χ1) is 20.7. The standard InChI is InChI=1S/C34H40ClN3O5/c1-5-19-36(4)30(40)27-28-31(41)38(26(22-39)21-23-11-9-8-10-12-23)29(34(28)18-17-33(27,7-3)43-34)32(42)37(20-6-2)25-15-13-24(35)14-16-25/h5-6,8-16,26-29,39H,1-2,7,17-22H2,3-4H3/t26-,27-,28+,29?,33+,34?/m1/s1. The van der Waals surface area contributed by atoms with E-state index < -0.39 is 35.1 Å². The van der Waals surface area contributed by atoms with Crippen molar-refractivity contribution in [2.45, 2.75) is 55.9 Å². The minimum absolute atomic E-state index is 0.186. The van der Waals surface area contributed by atoms with E-state index in [1.54, 1.807) is 53.3 Å². The summed E-state index contributed by atoms with van der Waals surface area (Å²) < 4.78 is 6.93. The number of amides is 3. The third kappa shape index (κ3) is 5.09. The number of benzene rings is 2. The summed E-state index contributed by atoms with van der Waals surface area (Å²) in [6, 6.07) is 14.7. The van der Waals surface area contributed by atoms with Gasteiger partial charge in [0.1, 0.15) is 11.6 Å². The molecule has 2 bridgehead atoms. The number of carbonyl (C=O) groups is 3. The van der Waals surface area contributed by atoms with E-state index >= 15 is 0 Å². The molecule has 0 saturated carbocycles. The molecule has 3 amide bonds. The van der Waals surface area contributed by atoms with Gasteiger partial charge in [-0.3, -0.25) is 14.4 Å². The van der Waals surface area contributed by atoms with Crippen LogP contribution < -0.4 is 4.90 Å². The number of hydrogen-bond acceptors (Lipinski definition) is 5. The lowest BCUT2D eigenvalue weighted by molar-refractivity contribution is -0.153. The lowest BCUT2D eigenvalue weighted by Crippen LogP contribution is -2.59. The Bertz CT molecular complexity index is 1380. The van der Waals surface area contributed by atoms with Crippen molar-refractivity contribution in [1.29, 1.82) is 0 Å². The van der Waals surface area contributed by atoms with Gasteiger partial charge in [-0.25, -0.2) is 0 Å². The SMILES string of the molecule is C=CCN(C)C(=O)[C@H]1[C@H]2C(=O)N([C@@H](CO)Cc3ccccc3)C(C(=O)N(CC=C)c3ccc(Cl)cc3)C23CC[C@]1(CC)O3. The molecule has 3 fully saturated rings. The number of likely N-dealkylation sites (tertiary alicyclic amines) is 1. The first-order valence-electron chi connectivity index (χ1n) is 14.9. The van der Waals surface area contributed by atoms with E-state index in [0.717, 1.165) is 5.56 Å². The maximum atomic E-state index is 14.9. The number of hydrogen-bond donors (Lipinski definition) is 1. The molecule has 5 rings (SSSR count). The van der Waals surface area contributed by atoms with E-state index in [9.17, 15) is 19.5 Å². The summed E-state index contributed by atoms with van der Waals surface area (Å²) in [6.45, 7) is 9.77. The summed E-state index contributed by atoms with van der Waals surface area (Å²) in [4.78, 5) is 48.3. The second kappa shape index (κ2) is 12.3. The Balaban J connectivity index is 1.65. The van der Waals surface area contributed by atoms with Crippen LogP contribution in [0.2, 0.25) is 5.02 Å². The molecule has 3 aliphatic heterocycles. The largest absolute Gasteiger partial charge is 0.394 e. The summed E-state index contributed by atoms with van der Waals surface area (Å²) >= 11 is 6.16. The molecule has 1 spiro atoms. The highest BCUT2D eigenvalue weighted by atomic mass is 35.5. The number of aliphatic hydroxyl groups excluding tert-OH is 1. The number of ether oxygens (including phenoxy) is 1. The maximum Gasteiger partial charge on any atom is 0.253 e. The lowest BCUT2D eigenvalue weighted by atomic mass is 9.64. The van der Waals surface area contributed by atoms with Crippen LogP contribution in [0.4, 0.5) is 5.69 Å². The predicted octanol–water partition coefficient (Wildman–Crippen LogP) is 4.26. The van der Waals surface area contributed by atoms with Gasteiger partial charge < -0.3 is 24.5 Å². The van der Waals surface area contributed by atoms with Crippen molar-refractivity contribution in [2.75, 3.05) is 31.6 Å². The fraction of sp³-hybridized carbons (Fsp3) is 0.441. The van der Waals surface area contributed by atoms with Gasteiger partial charge in [-0.1, -0.05) is 61.0 Å². The zero-order valence-electron chi connectivity index (χ0n) is 24.8. The number of fused-ring (bicyclic) bond motifs is 1. The van der Waals surface area contributed by atoms with Crippen LogP contribution in [0.25, 0.3) is 0 Å². The molecule has 3 heterocycles. The molecule has 228 valence electrons. The van der Waals surface area contributed by atoms with Crippen LogP contribution in [0.3, 0.4) is 0 Å². The van der Waals surface area contributed by atoms with Gasteiger partial charge >= 0.3 is 0 Å². The van der Waals surface area contributed by atoms with E-state index in [4.69, 9.17) is 16.3 Å². The summed E-state index contributed by atoms with van der Waals surface area (Å²) in [5.41, 5.74) is -0.574. The molecule has 0 aromatic heterocycles. The number of anilines is 1. The highest BCUT2D eigenvalue weighted by Gasteiger charge is 2.79. The maximum absolute atomic E-state index is 14.9. The normalized spacial score (nSPS) is 28.0. The van der Waals surface area contributed by atoms with Crippen LogP contribution in [0.15, 0.2) is 79.9 Å². The van der Waals surface area contributed by atoms with Crippen LogP contribution in [0.1, 0.15) is 31.7 Å².